The molecule has 1 rings (SSSR count). The monoisotopic (exact) mass is 197 g/mol. The van der Waals surface area contributed by atoms with E-state index in [-0.39, 0.29) is 12.8 Å². The van der Waals surface area contributed by atoms with E-state index in [2.05, 4.69) is 4.90 Å². The third kappa shape index (κ3) is 3.23. The molecule has 1 aliphatic rings. The molecule has 0 bridgehead atoms. The van der Waals surface area contributed by atoms with Gasteiger partial charge >= 0.3 is 0 Å². The van der Waals surface area contributed by atoms with E-state index in [4.69, 9.17) is 11.6 Å². The van der Waals surface area contributed by atoms with Crippen LogP contribution in [0.3, 0.4) is 0 Å². The van der Waals surface area contributed by atoms with Gasteiger partial charge in [0.15, 0.2) is 0 Å². The van der Waals surface area contributed by atoms with E-state index in [0.29, 0.717) is 19.0 Å². The number of hydrogen-bond acceptors (Lipinski definition) is 1. The molecule has 12 heavy (non-hydrogen) atoms. The summed E-state index contributed by atoms with van der Waals surface area (Å²) >= 11 is 5.50. The second-order valence-electron chi connectivity index (χ2n) is 3.24. The average Bonchev–Trinajstić information content (AvgIpc) is 2.03. The Morgan fingerprint density at radius 3 is 2.33 bits per heavy atom. The van der Waals surface area contributed by atoms with Gasteiger partial charge in [0.1, 0.15) is 0 Å². The van der Waals surface area contributed by atoms with E-state index in [1.54, 1.807) is 0 Å². The molecule has 0 spiro atoms. The van der Waals surface area contributed by atoms with Crippen LogP contribution in [0.5, 0.6) is 0 Å². The largest absolute Gasteiger partial charge is 0.303 e. The summed E-state index contributed by atoms with van der Waals surface area (Å²) in [6.45, 7) is 1.90. The predicted molar refractivity (Wildman–Crippen MR) is 46.0 cm³/mol. The van der Waals surface area contributed by atoms with Gasteiger partial charge in [0, 0.05) is 31.8 Å². The van der Waals surface area contributed by atoms with Gasteiger partial charge in [0.05, 0.1) is 0 Å². The number of likely N-dealkylation sites (tertiary alicyclic amines) is 1. The highest BCUT2D eigenvalue weighted by molar-refractivity contribution is 6.17. The zero-order chi connectivity index (χ0) is 9.03. The molecule has 0 radical (unpaired) electrons. The molecule has 4 heteroatoms. The molecular formula is C8H14ClF2N. The molecule has 0 N–H and O–H groups in total. The third-order valence-corrected chi connectivity index (χ3v) is 2.46. The Balaban J connectivity index is 2.18. The maximum absolute atomic E-state index is 12.6. The molecule has 0 atom stereocenters. The average molecular weight is 198 g/mol. The van der Waals surface area contributed by atoms with Gasteiger partial charge in [-0.3, -0.25) is 0 Å². The topological polar surface area (TPSA) is 3.24 Å². The number of piperidine rings is 1. The van der Waals surface area contributed by atoms with Crippen molar-refractivity contribution in [3.63, 3.8) is 0 Å². The summed E-state index contributed by atoms with van der Waals surface area (Å²) in [6.07, 6.45) is 0.914. The minimum absolute atomic E-state index is 0.00921. The Morgan fingerprint density at radius 2 is 1.83 bits per heavy atom. The quantitative estimate of drug-likeness (QED) is 0.628. The summed E-state index contributed by atoms with van der Waals surface area (Å²) in [5, 5.41) is 0. The Labute approximate surface area is 76.7 Å². The normalized spacial score (nSPS) is 24.2. The molecule has 0 aromatic heterocycles. The zero-order valence-electron chi connectivity index (χ0n) is 7.03. The lowest BCUT2D eigenvalue weighted by Crippen LogP contribution is -2.39. The highest BCUT2D eigenvalue weighted by atomic mass is 35.5. The predicted octanol–water partition coefficient (Wildman–Crippen LogP) is 2.35. The van der Waals surface area contributed by atoms with Crippen LogP contribution in [0.1, 0.15) is 19.3 Å². The van der Waals surface area contributed by atoms with E-state index >= 15 is 0 Å². The summed E-state index contributed by atoms with van der Waals surface area (Å²) in [5.41, 5.74) is 0. The van der Waals surface area contributed by atoms with Crippen molar-refractivity contribution >= 4 is 11.6 Å². The number of hydrogen-bond donors (Lipinski definition) is 0. The van der Waals surface area contributed by atoms with Crippen molar-refractivity contribution in [2.24, 2.45) is 0 Å². The van der Waals surface area contributed by atoms with Crippen molar-refractivity contribution in [3.05, 3.63) is 0 Å². The van der Waals surface area contributed by atoms with E-state index in [0.717, 1.165) is 13.0 Å². The summed E-state index contributed by atoms with van der Waals surface area (Å²) in [7, 11) is 0. The van der Waals surface area contributed by atoms with Crippen LogP contribution in [0.2, 0.25) is 0 Å². The van der Waals surface area contributed by atoms with Crippen molar-refractivity contribution < 1.29 is 8.78 Å². The highest BCUT2D eigenvalue weighted by Gasteiger charge is 2.33. The first-order chi connectivity index (χ1) is 5.64. The van der Waals surface area contributed by atoms with Crippen molar-refractivity contribution in [1.29, 1.82) is 0 Å². The van der Waals surface area contributed by atoms with Gasteiger partial charge in [-0.15, -0.1) is 11.6 Å². The van der Waals surface area contributed by atoms with Crippen molar-refractivity contribution in [2.45, 2.75) is 25.2 Å². The molecule has 1 heterocycles. The molecule has 0 unspecified atom stereocenters. The van der Waals surface area contributed by atoms with Crippen molar-refractivity contribution in [1.82, 2.24) is 4.90 Å². The highest BCUT2D eigenvalue weighted by Crippen LogP contribution is 2.27. The molecule has 1 fully saturated rings. The second-order valence-corrected chi connectivity index (χ2v) is 3.62. The lowest BCUT2D eigenvalue weighted by molar-refractivity contribution is -0.0549. The third-order valence-electron chi connectivity index (χ3n) is 2.20. The fourth-order valence-corrected chi connectivity index (χ4v) is 1.51. The molecule has 0 saturated carbocycles. The minimum Gasteiger partial charge on any atom is -0.303 e. The van der Waals surface area contributed by atoms with Gasteiger partial charge < -0.3 is 4.90 Å². The summed E-state index contributed by atoms with van der Waals surface area (Å²) in [4.78, 5) is 2.06. The van der Waals surface area contributed by atoms with E-state index in [1.165, 1.54) is 0 Å². The van der Waals surface area contributed by atoms with Gasteiger partial charge in [-0.1, -0.05) is 0 Å². The molecule has 0 aliphatic carbocycles. The van der Waals surface area contributed by atoms with Gasteiger partial charge in [-0.25, -0.2) is 8.78 Å². The van der Waals surface area contributed by atoms with Crippen molar-refractivity contribution in [3.8, 4) is 0 Å². The Kier molecular flexibility index (Phi) is 3.72. The van der Waals surface area contributed by atoms with Gasteiger partial charge in [0.2, 0.25) is 0 Å². The SMILES string of the molecule is FC1(F)CCN(CCCCl)CC1. The molecule has 0 amide bonds. The maximum atomic E-state index is 12.6. The van der Waals surface area contributed by atoms with Crippen LogP contribution < -0.4 is 0 Å². The molecule has 1 saturated heterocycles. The van der Waals surface area contributed by atoms with Crippen LogP contribution in [0.25, 0.3) is 0 Å². The lowest BCUT2D eigenvalue weighted by atomic mass is 10.1. The number of nitrogens with zero attached hydrogens (tertiary/aromatic N) is 1. The molecule has 0 aromatic rings. The van der Waals surface area contributed by atoms with E-state index in [1.807, 2.05) is 0 Å². The van der Waals surface area contributed by atoms with Crippen LogP contribution in [0.15, 0.2) is 0 Å². The molecule has 0 aromatic carbocycles. The van der Waals surface area contributed by atoms with Gasteiger partial charge in [-0.2, -0.15) is 0 Å². The Morgan fingerprint density at radius 1 is 1.25 bits per heavy atom. The van der Waals surface area contributed by atoms with Gasteiger partial charge in [0.25, 0.3) is 5.92 Å². The van der Waals surface area contributed by atoms with E-state index < -0.39 is 5.92 Å². The fourth-order valence-electron chi connectivity index (χ4n) is 1.39. The smallest absolute Gasteiger partial charge is 0.250 e. The van der Waals surface area contributed by atoms with Crippen LogP contribution >= 0.6 is 11.6 Å². The van der Waals surface area contributed by atoms with Crippen LogP contribution in [-0.4, -0.2) is 36.3 Å². The molecule has 1 aliphatic heterocycles. The summed E-state index contributed by atoms with van der Waals surface area (Å²) < 4.78 is 25.3. The first-order valence-electron chi connectivity index (χ1n) is 4.30. The first-order valence-corrected chi connectivity index (χ1v) is 4.84. The zero-order valence-corrected chi connectivity index (χ0v) is 7.79. The van der Waals surface area contributed by atoms with Crippen LogP contribution in [-0.2, 0) is 0 Å². The lowest BCUT2D eigenvalue weighted by Gasteiger charge is -2.31. The van der Waals surface area contributed by atoms with E-state index in [9.17, 15) is 8.78 Å². The summed E-state index contributed by atoms with van der Waals surface area (Å²) in [5.74, 6) is -1.80. The second kappa shape index (κ2) is 4.38. The number of halogens is 3. The maximum Gasteiger partial charge on any atom is 0.250 e. The van der Waals surface area contributed by atoms with Gasteiger partial charge in [-0.05, 0) is 13.0 Å². The standard InChI is InChI=1S/C8H14ClF2N/c9-4-1-5-12-6-2-8(10,11)3-7-12/h1-7H2. The van der Waals surface area contributed by atoms with Crippen LogP contribution in [0.4, 0.5) is 8.78 Å². The Bertz CT molecular complexity index is 131. The Hall–Kier alpha value is 0.110. The number of alkyl halides is 3. The summed E-state index contributed by atoms with van der Waals surface area (Å²) in [6, 6.07) is 0. The fraction of sp³-hybridized carbons (Fsp3) is 1.00. The minimum atomic E-state index is -2.42. The van der Waals surface area contributed by atoms with Crippen LogP contribution in [0, 0.1) is 0 Å². The van der Waals surface area contributed by atoms with Crippen molar-refractivity contribution in [2.75, 3.05) is 25.5 Å². The molecule has 1 nitrogen and oxygen atoms in total. The number of rotatable bonds is 3. The molecule has 72 valence electrons. The first kappa shape index (κ1) is 10.2. The molecular weight excluding hydrogens is 184 g/mol.